The molecule has 0 radical (unpaired) electrons. The van der Waals surface area contributed by atoms with Crippen molar-refractivity contribution in [3.8, 4) is 6.07 Å². The van der Waals surface area contributed by atoms with Crippen LogP contribution >= 0.6 is 11.6 Å². The lowest BCUT2D eigenvalue weighted by Gasteiger charge is -2.37. The molecule has 0 spiro atoms. The number of hydrogen-bond donors (Lipinski definition) is 0. The maximum atomic E-state index is 8.91. The Labute approximate surface area is 134 Å². The van der Waals surface area contributed by atoms with Crippen LogP contribution in [0.1, 0.15) is 11.4 Å². The van der Waals surface area contributed by atoms with Crippen LogP contribution in [0.4, 0.5) is 11.5 Å². The first-order chi connectivity index (χ1) is 10.7. The summed E-state index contributed by atoms with van der Waals surface area (Å²) in [5.41, 5.74) is 1.57. The van der Waals surface area contributed by atoms with E-state index in [-0.39, 0.29) is 0 Å². The number of benzene rings is 1. The van der Waals surface area contributed by atoms with Crippen molar-refractivity contribution < 1.29 is 0 Å². The molecule has 1 aromatic carbocycles. The zero-order valence-corrected chi connectivity index (χ0v) is 13.1. The molecule has 1 aliphatic rings. The lowest BCUT2D eigenvalue weighted by molar-refractivity contribution is 0.646. The molecule has 5 nitrogen and oxygen atoms in total. The largest absolute Gasteiger partial charge is 0.367 e. The Bertz CT molecular complexity index is 717. The van der Waals surface area contributed by atoms with Crippen LogP contribution in [0.2, 0.25) is 5.02 Å². The van der Waals surface area contributed by atoms with Gasteiger partial charge in [-0.25, -0.2) is 9.97 Å². The smallest absolute Gasteiger partial charge is 0.132 e. The van der Waals surface area contributed by atoms with Gasteiger partial charge >= 0.3 is 0 Å². The molecule has 1 aliphatic heterocycles. The molecule has 0 amide bonds. The van der Waals surface area contributed by atoms with Gasteiger partial charge in [-0.3, -0.25) is 0 Å². The van der Waals surface area contributed by atoms with Gasteiger partial charge in [0.05, 0.1) is 22.3 Å². The molecule has 1 aromatic heterocycles. The number of rotatable bonds is 2. The number of nitriles is 1. The van der Waals surface area contributed by atoms with E-state index in [4.69, 9.17) is 16.9 Å². The first-order valence-electron chi connectivity index (χ1n) is 7.16. The minimum absolute atomic E-state index is 0.587. The summed E-state index contributed by atoms with van der Waals surface area (Å²) in [5, 5.41) is 9.54. The van der Waals surface area contributed by atoms with E-state index >= 15 is 0 Å². The zero-order chi connectivity index (χ0) is 15.5. The molecular formula is C16H16ClN5. The van der Waals surface area contributed by atoms with Crippen molar-refractivity contribution in [1.29, 1.82) is 5.26 Å². The van der Waals surface area contributed by atoms with E-state index in [1.54, 1.807) is 18.3 Å². The fraction of sp³-hybridized carbons (Fsp3) is 0.312. The van der Waals surface area contributed by atoms with Gasteiger partial charge in [0.25, 0.3) is 0 Å². The van der Waals surface area contributed by atoms with Crippen LogP contribution in [0.5, 0.6) is 0 Å². The summed E-state index contributed by atoms with van der Waals surface area (Å²) < 4.78 is 0. The van der Waals surface area contributed by atoms with Crippen LogP contribution in [-0.4, -0.2) is 36.1 Å². The third-order valence-corrected chi connectivity index (χ3v) is 4.09. The van der Waals surface area contributed by atoms with Crippen LogP contribution in [0, 0.1) is 18.3 Å². The number of halogens is 1. The molecule has 22 heavy (non-hydrogen) atoms. The molecule has 0 saturated carbocycles. The average Bonchev–Trinajstić information content (AvgIpc) is 2.55. The zero-order valence-electron chi connectivity index (χ0n) is 12.3. The Morgan fingerprint density at radius 2 is 1.86 bits per heavy atom. The maximum absolute atomic E-state index is 8.91. The van der Waals surface area contributed by atoms with Gasteiger partial charge in [-0.1, -0.05) is 11.6 Å². The van der Waals surface area contributed by atoms with E-state index in [1.165, 1.54) is 0 Å². The summed E-state index contributed by atoms with van der Waals surface area (Å²) in [4.78, 5) is 13.1. The van der Waals surface area contributed by atoms with Crippen LogP contribution in [0.15, 0.2) is 30.5 Å². The highest BCUT2D eigenvalue weighted by Crippen LogP contribution is 2.28. The second-order valence-corrected chi connectivity index (χ2v) is 5.62. The summed E-state index contributed by atoms with van der Waals surface area (Å²) in [6, 6.07) is 9.50. The maximum Gasteiger partial charge on any atom is 0.132 e. The van der Waals surface area contributed by atoms with Gasteiger partial charge in [0.1, 0.15) is 11.6 Å². The second kappa shape index (κ2) is 6.20. The molecular weight excluding hydrogens is 298 g/mol. The van der Waals surface area contributed by atoms with Gasteiger partial charge in [-0.15, -0.1) is 0 Å². The Kier molecular flexibility index (Phi) is 4.12. The highest BCUT2D eigenvalue weighted by molar-refractivity contribution is 6.33. The summed E-state index contributed by atoms with van der Waals surface area (Å²) in [6.45, 7) is 5.40. The van der Waals surface area contributed by atoms with Crippen molar-refractivity contribution >= 4 is 23.1 Å². The minimum Gasteiger partial charge on any atom is -0.367 e. The fourth-order valence-corrected chi connectivity index (χ4v) is 2.93. The Hall–Kier alpha value is -2.32. The van der Waals surface area contributed by atoms with Crippen LogP contribution in [0.25, 0.3) is 0 Å². The predicted octanol–water partition coefficient (Wildman–Crippen LogP) is 2.64. The number of aromatic nitrogens is 2. The number of anilines is 2. The number of piperazine rings is 1. The summed E-state index contributed by atoms with van der Waals surface area (Å²) in [6.07, 6.45) is 1.79. The average molecular weight is 314 g/mol. The number of hydrogen-bond acceptors (Lipinski definition) is 5. The van der Waals surface area contributed by atoms with E-state index in [0.717, 1.165) is 43.5 Å². The highest BCUT2D eigenvalue weighted by atomic mass is 35.5. The molecule has 0 N–H and O–H groups in total. The van der Waals surface area contributed by atoms with E-state index in [1.807, 2.05) is 19.1 Å². The molecule has 1 saturated heterocycles. The molecule has 112 valence electrons. The molecule has 2 aromatic rings. The number of nitrogens with zero attached hydrogens (tertiary/aromatic N) is 5. The van der Waals surface area contributed by atoms with Gasteiger partial charge < -0.3 is 9.80 Å². The van der Waals surface area contributed by atoms with Crippen molar-refractivity contribution in [2.24, 2.45) is 0 Å². The van der Waals surface area contributed by atoms with E-state index in [0.29, 0.717) is 10.6 Å². The molecule has 6 heteroatoms. The van der Waals surface area contributed by atoms with Crippen molar-refractivity contribution in [3.63, 3.8) is 0 Å². The van der Waals surface area contributed by atoms with Gasteiger partial charge in [-0.05, 0) is 31.2 Å². The summed E-state index contributed by atoms with van der Waals surface area (Å²) >= 11 is 6.29. The minimum atomic E-state index is 0.587. The van der Waals surface area contributed by atoms with Crippen LogP contribution in [0.3, 0.4) is 0 Å². The monoisotopic (exact) mass is 313 g/mol. The molecule has 3 rings (SSSR count). The third kappa shape index (κ3) is 2.97. The lowest BCUT2D eigenvalue weighted by Crippen LogP contribution is -2.47. The van der Waals surface area contributed by atoms with E-state index in [9.17, 15) is 0 Å². The normalized spacial score (nSPS) is 14.8. The molecule has 0 aliphatic carbocycles. The third-order valence-electron chi connectivity index (χ3n) is 3.78. The SMILES string of the molecule is Cc1nccc(N2CCN(c3ccc(C#N)cc3Cl)CC2)n1. The van der Waals surface area contributed by atoms with Gasteiger partial charge in [0.2, 0.25) is 0 Å². The summed E-state index contributed by atoms with van der Waals surface area (Å²) in [7, 11) is 0. The quantitative estimate of drug-likeness (QED) is 0.853. The lowest BCUT2D eigenvalue weighted by atomic mass is 10.2. The highest BCUT2D eigenvalue weighted by Gasteiger charge is 2.20. The molecule has 0 atom stereocenters. The van der Waals surface area contributed by atoms with Crippen LogP contribution < -0.4 is 9.80 Å². The Morgan fingerprint density at radius 1 is 1.14 bits per heavy atom. The second-order valence-electron chi connectivity index (χ2n) is 5.21. The van der Waals surface area contributed by atoms with Crippen molar-refractivity contribution in [2.45, 2.75) is 6.92 Å². The Morgan fingerprint density at radius 3 is 2.50 bits per heavy atom. The van der Waals surface area contributed by atoms with E-state index in [2.05, 4.69) is 25.8 Å². The first kappa shape index (κ1) is 14.6. The Balaban J connectivity index is 1.71. The topological polar surface area (TPSA) is 56.1 Å². The fourth-order valence-electron chi connectivity index (χ4n) is 2.63. The van der Waals surface area contributed by atoms with Gasteiger partial charge in [0, 0.05) is 32.4 Å². The molecule has 0 unspecified atom stereocenters. The van der Waals surface area contributed by atoms with Crippen molar-refractivity contribution in [3.05, 3.63) is 46.9 Å². The standard InChI is InChI=1S/C16H16ClN5/c1-12-19-5-4-16(20-12)22-8-6-21(7-9-22)15-3-2-13(11-18)10-14(15)17/h2-5,10H,6-9H2,1H3. The van der Waals surface area contributed by atoms with E-state index < -0.39 is 0 Å². The molecule has 1 fully saturated rings. The van der Waals surface area contributed by atoms with Crippen molar-refractivity contribution in [2.75, 3.05) is 36.0 Å². The predicted molar refractivity (Wildman–Crippen MR) is 87.4 cm³/mol. The molecule has 2 heterocycles. The van der Waals surface area contributed by atoms with Gasteiger partial charge in [-0.2, -0.15) is 5.26 Å². The number of aryl methyl sites for hydroxylation is 1. The van der Waals surface area contributed by atoms with Crippen LogP contribution in [-0.2, 0) is 0 Å². The van der Waals surface area contributed by atoms with Crippen molar-refractivity contribution in [1.82, 2.24) is 9.97 Å². The van der Waals surface area contributed by atoms with Gasteiger partial charge in [0.15, 0.2) is 0 Å². The summed E-state index contributed by atoms with van der Waals surface area (Å²) in [5.74, 6) is 1.76. The first-order valence-corrected chi connectivity index (χ1v) is 7.54. The molecule has 0 bridgehead atoms.